The fourth-order valence-corrected chi connectivity index (χ4v) is 3.93. The van der Waals surface area contributed by atoms with Gasteiger partial charge in [-0.25, -0.2) is 8.42 Å². The number of sulfonamides is 1. The Kier molecular flexibility index (Phi) is 7.12. The van der Waals surface area contributed by atoms with Gasteiger partial charge >= 0.3 is 5.97 Å². The summed E-state index contributed by atoms with van der Waals surface area (Å²) >= 11 is 4.67. The molecule has 0 bridgehead atoms. The molecule has 10 heteroatoms. The van der Waals surface area contributed by atoms with E-state index in [0.717, 1.165) is 4.88 Å². The summed E-state index contributed by atoms with van der Waals surface area (Å²) in [6.07, 6.45) is 0. The second-order valence-electron chi connectivity index (χ2n) is 4.80. The molecule has 2 aromatic rings. The van der Waals surface area contributed by atoms with Gasteiger partial charge in [-0.1, -0.05) is 28.1 Å². The standard InChI is InChI=1S/C15H15BrN2O5S2/c16-11-3-1-5-13(7-11)25(21,22)18-9-15(20)23-10-14(19)17-8-12-4-2-6-24-12/h1-7,18H,8-10H2,(H,17,19). The molecule has 7 nitrogen and oxygen atoms in total. The Bertz CT molecular complexity index is 837. The summed E-state index contributed by atoms with van der Waals surface area (Å²) in [6, 6.07) is 9.79. The zero-order chi connectivity index (χ0) is 18.3. The number of ether oxygens (including phenoxy) is 1. The normalized spacial score (nSPS) is 11.1. The van der Waals surface area contributed by atoms with Crippen molar-refractivity contribution in [3.8, 4) is 0 Å². The minimum Gasteiger partial charge on any atom is -0.455 e. The minimum absolute atomic E-state index is 0.0170. The Hall–Kier alpha value is -1.75. The second-order valence-corrected chi connectivity index (χ2v) is 8.51. The highest BCUT2D eigenvalue weighted by molar-refractivity contribution is 9.10. The molecule has 1 aromatic heterocycles. The van der Waals surface area contributed by atoms with Crippen LogP contribution >= 0.6 is 27.3 Å². The Balaban J connectivity index is 1.73. The molecule has 0 saturated carbocycles. The maximum Gasteiger partial charge on any atom is 0.321 e. The van der Waals surface area contributed by atoms with Crippen molar-refractivity contribution < 1.29 is 22.7 Å². The Morgan fingerprint density at radius 2 is 2.00 bits per heavy atom. The van der Waals surface area contributed by atoms with Gasteiger partial charge in [0, 0.05) is 9.35 Å². The largest absolute Gasteiger partial charge is 0.455 e. The third-order valence-electron chi connectivity index (χ3n) is 2.92. The minimum atomic E-state index is -3.84. The van der Waals surface area contributed by atoms with E-state index in [1.807, 2.05) is 17.5 Å². The maximum absolute atomic E-state index is 12.0. The number of benzene rings is 1. The number of hydrogen-bond acceptors (Lipinski definition) is 6. The second kappa shape index (κ2) is 9.09. The van der Waals surface area contributed by atoms with E-state index in [1.54, 1.807) is 12.1 Å². The molecule has 0 aliphatic heterocycles. The lowest BCUT2D eigenvalue weighted by Gasteiger charge is -2.08. The topological polar surface area (TPSA) is 102 Å². The van der Waals surface area contributed by atoms with Crippen molar-refractivity contribution in [1.29, 1.82) is 0 Å². The van der Waals surface area contributed by atoms with Crippen LogP contribution in [-0.4, -0.2) is 33.4 Å². The fourth-order valence-electron chi connectivity index (χ4n) is 1.72. The van der Waals surface area contributed by atoms with Crippen LogP contribution in [-0.2, 0) is 30.9 Å². The molecule has 1 aromatic carbocycles. The number of nitrogens with one attached hydrogen (secondary N) is 2. The van der Waals surface area contributed by atoms with Crippen LogP contribution in [0, 0.1) is 0 Å². The zero-order valence-electron chi connectivity index (χ0n) is 12.9. The van der Waals surface area contributed by atoms with Crippen LogP contribution in [0.3, 0.4) is 0 Å². The first kappa shape index (κ1) is 19.6. The third-order valence-corrected chi connectivity index (χ3v) is 5.69. The first-order chi connectivity index (χ1) is 11.9. The summed E-state index contributed by atoms with van der Waals surface area (Å²) in [6.45, 7) is -0.681. The van der Waals surface area contributed by atoms with Crippen molar-refractivity contribution in [2.45, 2.75) is 11.4 Å². The number of hydrogen-bond donors (Lipinski definition) is 2. The Morgan fingerprint density at radius 3 is 2.68 bits per heavy atom. The van der Waals surface area contributed by atoms with Crippen LogP contribution in [0.4, 0.5) is 0 Å². The molecular weight excluding hydrogens is 432 g/mol. The van der Waals surface area contributed by atoms with Crippen LogP contribution in [0.5, 0.6) is 0 Å². The van der Waals surface area contributed by atoms with Crippen LogP contribution < -0.4 is 10.0 Å². The van der Waals surface area contributed by atoms with E-state index in [2.05, 4.69) is 26.0 Å². The van der Waals surface area contributed by atoms with Gasteiger partial charge in [0.2, 0.25) is 10.0 Å². The number of thiophene rings is 1. The molecule has 0 saturated heterocycles. The molecule has 0 fully saturated rings. The average molecular weight is 447 g/mol. The van der Waals surface area contributed by atoms with E-state index in [9.17, 15) is 18.0 Å². The number of carbonyl (C=O) groups is 2. The van der Waals surface area contributed by atoms with Gasteiger partial charge in [0.05, 0.1) is 11.4 Å². The molecule has 0 unspecified atom stereocenters. The van der Waals surface area contributed by atoms with Gasteiger partial charge in [-0.2, -0.15) is 4.72 Å². The van der Waals surface area contributed by atoms with Crippen molar-refractivity contribution >= 4 is 49.2 Å². The van der Waals surface area contributed by atoms with Crippen LogP contribution in [0.2, 0.25) is 0 Å². The number of halogens is 1. The van der Waals surface area contributed by atoms with E-state index in [1.165, 1.54) is 23.5 Å². The van der Waals surface area contributed by atoms with Crippen molar-refractivity contribution in [2.24, 2.45) is 0 Å². The summed E-state index contributed by atoms with van der Waals surface area (Å²) in [5.41, 5.74) is 0. The van der Waals surface area contributed by atoms with Gasteiger partial charge in [0.25, 0.3) is 5.91 Å². The molecule has 2 N–H and O–H groups in total. The van der Waals surface area contributed by atoms with Gasteiger partial charge in [-0.3, -0.25) is 9.59 Å². The lowest BCUT2D eigenvalue weighted by Crippen LogP contribution is -2.33. The highest BCUT2D eigenvalue weighted by atomic mass is 79.9. The van der Waals surface area contributed by atoms with Gasteiger partial charge in [0.1, 0.15) is 6.54 Å². The number of esters is 1. The first-order valence-corrected chi connectivity index (χ1v) is 10.2. The molecular formula is C15H15BrN2O5S2. The molecule has 0 aliphatic carbocycles. The quantitative estimate of drug-likeness (QED) is 0.600. The molecule has 1 amide bonds. The van der Waals surface area contributed by atoms with Crippen molar-refractivity contribution in [3.05, 3.63) is 51.1 Å². The third kappa shape index (κ3) is 6.58. The molecule has 25 heavy (non-hydrogen) atoms. The monoisotopic (exact) mass is 446 g/mol. The molecule has 0 aliphatic rings. The summed E-state index contributed by atoms with van der Waals surface area (Å²) < 4.78 is 31.6. The van der Waals surface area contributed by atoms with Crippen molar-refractivity contribution in [3.63, 3.8) is 0 Å². The highest BCUT2D eigenvalue weighted by Crippen LogP contribution is 2.15. The number of rotatable bonds is 8. The molecule has 1 heterocycles. The summed E-state index contributed by atoms with van der Waals surface area (Å²) in [5.74, 6) is -1.30. The van der Waals surface area contributed by atoms with E-state index >= 15 is 0 Å². The molecule has 0 atom stereocenters. The highest BCUT2D eigenvalue weighted by Gasteiger charge is 2.16. The van der Waals surface area contributed by atoms with Crippen LogP contribution in [0.15, 0.2) is 51.1 Å². The predicted molar refractivity (Wildman–Crippen MR) is 96.5 cm³/mol. The predicted octanol–water partition coefficient (Wildman–Crippen LogP) is 1.65. The Morgan fingerprint density at radius 1 is 1.20 bits per heavy atom. The van der Waals surface area contributed by atoms with Crippen LogP contribution in [0.25, 0.3) is 0 Å². The van der Waals surface area contributed by atoms with Gasteiger partial charge in [0.15, 0.2) is 6.61 Å². The summed E-state index contributed by atoms with van der Waals surface area (Å²) in [5, 5.41) is 4.48. The lowest BCUT2D eigenvalue weighted by atomic mass is 10.4. The van der Waals surface area contributed by atoms with E-state index < -0.39 is 35.1 Å². The van der Waals surface area contributed by atoms with Crippen molar-refractivity contribution in [2.75, 3.05) is 13.2 Å². The SMILES string of the molecule is O=C(COC(=O)CNS(=O)(=O)c1cccc(Br)c1)NCc1cccs1. The zero-order valence-corrected chi connectivity index (χ0v) is 16.1. The van der Waals surface area contributed by atoms with E-state index in [4.69, 9.17) is 4.74 Å². The maximum atomic E-state index is 12.0. The summed E-state index contributed by atoms with van der Waals surface area (Å²) in [7, 11) is -3.84. The molecule has 0 radical (unpaired) electrons. The lowest BCUT2D eigenvalue weighted by molar-refractivity contribution is -0.147. The van der Waals surface area contributed by atoms with E-state index in [-0.39, 0.29) is 4.90 Å². The van der Waals surface area contributed by atoms with Crippen molar-refractivity contribution in [1.82, 2.24) is 10.0 Å². The van der Waals surface area contributed by atoms with E-state index in [0.29, 0.717) is 11.0 Å². The average Bonchev–Trinajstić information content (AvgIpc) is 3.10. The Labute approximate surface area is 157 Å². The smallest absolute Gasteiger partial charge is 0.321 e. The molecule has 0 spiro atoms. The van der Waals surface area contributed by atoms with Gasteiger partial charge in [-0.05, 0) is 29.6 Å². The fraction of sp³-hybridized carbons (Fsp3) is 0.200. The van der Waals surface area contributed by atoms with Crippen LogP contribution in [0.1, 0.15) is 4.88 Å². The van der Waals surface area contributed by atoms with Gasteiger partial charge < -0.3 is 10.1 Å². The molecule has 2 rings (SSSR count). The number of amides is 1. The summed E-state index contributed by atoms with van der Waals surface area (Å²) in [4.78, 5) is 24.2. The number of carbonyl (C=O) groups excluding carboxylic acids is 2. The van der Waals surface area contributed by atoms with Gasteiger partial charge in [-0.15, -0.1) is 11.3 Å². The first-order valence-electron chi connectivity index (χ1n) is 7.07. The molecule has 134 valence electrons.